The number of hydrogen-bond donors (Lipinski definition) is 1. The fraction of sp³-hybridized carbons (Fsp3) is 0.417. The number of hydrogen-bond acceptors (Lipinski definition) is 4. The zero-order valence-corrected chi connectivity index (χ0v) is 9.45. The number of fused-ring (bicyclic) bond motifs is 1. The predicted molar refractivity (Wildman–Crippen MR) is 59.9 cm³/mol. The molecule has 0 spiro atoms. The van der Waals surface area contributed by atoms with Gasteiger partial charge in [0.2, 0.25) is 6.79 Å². The van der Waals surface area contributed by atoms with Crippen LogP contribution in [0.4, 0.5) is 0 Å². The molecule has 0 saturated carbocycles. The molecule has 2 N–H and O–H groups in total. The molecule has 0 fully saturated rings. The van der Waals surface area contributed by atoms with Crippen LogP contribution in [0, 0.1) is 0 Å². The van der Waals surface area contributed by atoms with Crippen molar-refractivity contribution in [3.8, 4) is 11.5 Å². The first kappa shape index (κ1) is 11.0. The highest BCUT2D eigenvalue weighted by Gasteiger charge is 2.23. The molecule has 0 amide bonds. The SMILES string of the molecule is CCc1c(C(=O)C(C)N)ccc2c1OCO2. The molecule has 1 heterocycles. The second-order valence-electron chi connectivity index (χ2n) is 3.83. The maximum absolute atomic E-state index is 11.9. The van der Waals surface area contributed by atoms with Crippen molar-refractivity contribution in [2.45, 2.75) is 26.3 Å². The number of carbonyl (C=O) groups is 1. The first-order chi connectivity index (χ1) is 7.65. The lowest BCUT2D eigenvalue weighted by molar-refractivity contribution is 0.0966. The molecular formula is C12H15NO3. The molecule has 1 atom stereocenters. The summed E-state index contributed by atoms with van der Waals surface area (Å²) in [6, 6.07) is 3.03. The number of ether oxygens (including phenoxy) is 2. The van der Waals surface area contributed by atoms with E-state index in [0.29, 0.717) is 17.1 Å². The third kappa shape index (κ3) is 1.65. The highest BCUT2D eigenvalue weighted by molar-refractivity contribution is 6.01. The highest BCUT2D eigenvalue weighted by atomic mass is 16.7. The minimum atomic E-state index is -0.495. The second-order valence-corrected chi connectivity index (χ2v) is 3.83. The summed E-state index contributed by atoms with van der Waals surface area (Å²) in [5.74, 6) is 1.34. The van der Waals surface area contributed by atoms with Crippen molar-refractivity contribution in [1.82, 2.24) is 0 Å². The Bertz CT molecular complexity index is 427. The summed E-state index contributed by atoms with van der Waals surface area (Å²) in [5, 5.41) is 0. The van der Waals surface area contributed by atoms with E-state index in [1.54, 1.807) is 19.1 Å². The van der Waals surface area contributed by atoms with E-state index in [0.717, 1.165) is 12.0 Å². The quantitative estimate of drug-likeness (QED) is 0.786. The van der Waals surface area contributed by atoms with Crippen LogP contribution in [-0.4, -0.2) is 18.6 Å². The fourth-order valence-electron chi connectivity index (χ4n) is 1.86. The van der Waals surface area contributed by atoms with Gasteiger partial charge in [-0.3, -0.25) is 4.79 Å². The minimum absolute atomic E-state index is 0.0600. The van der Waals surface area contributed by atoms with Gasteiger partial charge in [0.25, 0.3) is 0 Å². The van der Waals surface area contributed by atoms with Crippen molar-refractivity contribution in [2.24, 2.45) is 5.73 Å². The summed E-state index contributed by atoms with van der Waals surface area (Å²) in [4.78, 5) is 11.9. The topological polar surface area (TPSA) is 61.6 Å². The van der Waals surface area contributed by atoms with Gasteiger partial charge in [0.05, 0.1) is 6.04 Å². The number of carbonyl (C=O) groups excluding carboxylic acids is 1. The van der Waals surface area contributed by atoms with Crippen LogP contribution < -0.4 is 15.2 Å². The largest absolute Gasteiger partial charge is 0.454 e. The van der Waals surface area contributed by atoms with E-state index < -0.39 is 6.04 Å². The molecule has 1 aliphatic heterocycles. The summed E-state index contributed by atoms with van der Waals surface area (Å²) >= 11 is 0. The number of ketones is 1. The Labute approximate surface area is 94.3 Å². The molecule has 0 aromatic heterocycles. The second kappa shape index (κ2) is 4.14. The monoisotopic (exact) mass is 221 g/mol. The van der Waals surface area contributed by atoms with Crippen LogP contribution in [0.2, 0.25) is 0 Å². The summed E-state index contributed by atoms with van der Waals surface area (Å²) in [6.45, 7) is 3.89. The lowest BCUT2D eigenvalue weighted by atomic mass is 9.97. The number of rotatable bonds is 3. The molecule has 2 rings (SSSR count). The van der Waals surface area contributed by atoms with Crippen molar-refractivity contribution in [2.75, 3.05) is 6.79 Å². The third-order valence-electron chi connectivity index (χ3n) is 2.67. The van der Waals surface area contributed by atoms with E-state index >= 15 is 0 Å². The van der Waals surface area contributed by atoms with E-state index in [-0.39, 0.29) is 12.6 Å². The molecule has 16 heavy (non-hydrogen) atoms. The van der Waals surface area contributed by atoms with E-state index in [9.17, 15) is 4.79 Å². The zero-order chi connectivity index (χ0) is 11.7. The molecule has 0 radical (unpaired) electrons. The normalized spacial score (nSPS) is 14.9. The average Bonchev–Trinajstić information content (AvgIpc) is 2.74. The zero-order valence-electron chi connectivity index (χ0n) is 9.45. The molecule has 1 aromatic carbocycles. The van der Waals surface area contributed by atoms with Gasteiger partial charge in [-0.1, -0.05) is 6.92 Å². The highest BCUT2D eigenvalue weighted by Crippen LogP contribution is 2.38. The number of benzene rings is 1. The number of nitrogens with two attached hydrogens (primary N) is 1. The van der Waals surface area contributed by atoms with Crippen LogP contribution in [0.3, 0.4) is 0 Å². The average molecular weight is 221 g/mol. The Kier molecular flexibility index (Phi) is 2.83. The minimum Gasteiger partial charge on any atom is -0.454 e. The smallest absolute Gasteiger partial charge is 0.231 e. The molecule has 4 heteroatoms. The van der Waals surface area contributed by atoms with Gasteiger partial charge in [-0.2, -0.15) is 0 Å². The van der Waals surface area contributed by atoms with E-state index in [2.05, 4.69) is 0 Å². The van der Waals surface area contributed by atoms with E-state index in [1.807, 2.05) is 6.92 Å². The van der Waals surface area contributed by atoms with Crippen LogP contribution >= 0.6 is 0 Å². The molecule has 86 valence electrons. The summed E-state index contributed by atoms with van der Waals surface area (Å²) in [7, 11) is 0. The summed E-state index contributed by atoms with van der Waals surface area (Å²) in [5.41, 5.74) is 7.14. The first-order valence-electron chi connectivity index (χ1n) is 5.36. The van der Waals surface area contributed by atoms with Crippen LogP contribution in [0.5, 0.6) is 11.5 Å². The van der Waals surface area contributed by atoms with Crippen molar-refractivity contribution in [3.63, 3.8) is 0 Å². The van der Waals surface area contributed by atoms with E-state index in [1.165, 1.54) is 0 Å². The van der Waals surface area contributed by atoms with Gasteiger partial charge in [0.15, 0.2) is 17.3 Å². The molecular weight excluding hydrogens is 206 g/mol. The molecule has 0 aliphatic carbocycles. The van der Waals surface area contributed by atoms with Crippen molar-refractivity contribution < 1.29 is 14.3 Å². The van der Waals surface area contributed by atoms with Crippen LogP contribution in [0.25, 0.3) is 0 Å². The van der Waals surface area contributed by atoms with Crippen LogP contribution in [0.1, 0.15) is 29.8 Å². The van der Waals surface area contributed by atoms with Crippen molar-refractivity contribution in [1.29, 1.82) is 0 Å². The Morgan fingerprint density at radius 2 is 2.25 bits per heavy atom. The van der Waals surface area contributed by atoms with Gasteiger partial charge in [-0.25, -0.2) is 0 Å². The first-order valence-corrected chi connectivity index (χ1v) is 5.36. The number of Topliss-reactive ketones (excluding diaryl/α,β-unsaturated/α-hetero) is 1. The Balaban J connectivity index is 2.51. The van der Waals surface area contributed by atoms with Gasteiger partial charge >= 0.3 is 0 Å². The van der Waals surface area contributed by atoms with Crippen LogP contribution in [0.15, 0.2) is 12.1 Å². The van der Waals surface area contributed by atoms with E-state index in [4.69, 9.17) is 15.2 Å². The summed E-state index contributed by atoms with van der Waals surface area (Å²) < 4.78 is 10.6. The van der Waals surface area contributed by atoms with Crippen molar-refractivity contribution >= 4 is 5.78 Å². The Morgan fingerprint density at radius 3 is 2.88 bits per heavy atom. The molecule has 1 aliphatic rings. The Morgan fingerprint density at radius 1 is 1.50 bits per heavy atom. The molecule has 1 aromatic rings. The molecule has 0 saturated heterocycles. The van der Waals surface area contributed by atoms with Gasteiger partial charge in [0, 0.05) is 11.1 Å². The lowest BCUT2D eigenvalue weighted by Gasteiger charge is -2.11. The Hall–Kier alpha value is -1.55. The summed E-state index contributed by atoms with van der Waals surface area (Å²) in [6.07, 6.45) is 0.723. The standard InChI is InChI=1S/C12H15NO3/c1-3-8-9(11(14)7(2)13)4-5-10-12(8)16-6-15-10/h4-5,7H,3,6,13H2,1-2H3. The van der Waals surface area contributed by atoms with Gasteiger partial charge < -0.3 is 15.2 Å². The van der Waals surface area contributed by atoms with Crippen molar-refractivity contribution in [3.05, 3.63) is 23.3 Å². The van der Waals surface area contributed by atoms with Gasteiger partial charge in [-0.15, -0.1) is 0 Å². The fourth-order valence-corrected chi connectivity index (χ4v) is 1.86. The molecule has 4 nitrogen and oxygen atoms in total. The maximum atomic E-state index is 11.9. The van der Waals surface area contributed by atoms with Gasteiger partial charge in [-0.05, 0) is 25.5 Å². The molecule has 0 bridgehead atoms. The maximum Gasteiger partial charge on any atom is 0.231 e. The van der Waals surface area contributed by atoms with Gasteiger partial charge in [0.1, 0.15) is 0 Å². The molecule has 1 unspecified atom stereocenters. The lowest BCUT2D eigenvalue weighted by Crippen LogP contribution is -2.27. The predicted octanol–water partition coefficient (Wildman–Crippen LogP) is 1.51. The third-order valence-corrected chi connectivity index (χ3v) is 2.67. The van der Waals surface area contributed by atoms with Crippen LogP contribution in [-0.2, 0) is 6.42 Å².